The Balaban J connectivity index is 1.22. The molecular formula is C30H36N8O2. The van der Waals surface area contributed by atoms with Crippen LogP contribution in [0.5, 0.6) is 0 Å². The van der Waals surface area contributed by atoms with Crippen molar-refractivity contribution in [3.63, 3.8) is 0 Å². The molecular weight excluding hydrogens is 504 g/mol. The number of hydrogen-bond acceptors (Lipinski definition) is 7. The van der Waals surface area contributed by atoms with E-state index >= 15 is 0 Å². The largest absolute Gasteiger partial charge is 0.386 e. The SMILES string of the molecule is CC(C)(O)c1cc2nn(C3CCC(CN4CCNCC4)CC3)cc2cc1NC(=O)c1ccc2cc(C#N)cnn12. The van der Waals surface area contributed by atoms with E-state index in [-0.39, 0.29) is 5.91 Å². The molecule has 1 aliphatic heterocycles. The van der Waals surface area contributed by atoms with Crippen LogP contribution < -0.4 is 10.6 Å². The number of aromatic nitrogens is 4. The molecule has 4 heterocycles. The lowest BCUT2D eigenvalue weighted by Gasteiger charge is -2.34. The predicted molar refractivity (Wildman–Crippen MR) is 153 cm³/mol. The van der Waals surface area contributed by atoms with E-state index in [0.29, 0.717) is 34.1 Å². The maximum atomic E-state index is 13.3. The molecule has 10 nitrogen and oxygen atoms in total. The summed E-state index contributed by atoms with van der Waals surface area (Å²) >= 11 is 0. The number of anilines is 1. The fourth-order valence-corrected chi connectivity index (χ4v) is 6.16. The van der Waals surface area contributed by atoms with Gasteiger partial charge in [-0.15, -0.1) is 0 Å². The highest BCUT2D eigenvalue weighted by molar-refractivity contribution is 6.05. The maximum Gasteiger partial charge on any atom is 0.274 e. The molecule has 6 rings (SSSR count). The van der Waals surface area contributed by atoms with Gasteiger partial charge in [0, 0.05) is 55.6 Å². The number of hydrogen-bond donors (Lipinski definition) is 3. The Bertz CT molecular complexity index is 1580. The average molecular weight is 541 g/mol. The smallest absolute Gasteiger partial charge is 0.274 e. The van der Waals surface area contributed by atoms with Gasteiger partial charge in [0.25, 0.3) is 5.91 Å². The Morgan fingerprint density at radius 3 is 2.67 bits per heavy atom. The summed E-state index contributed by atoms with van der Waals surface area (Å²) < 4.78 is 3.59. The van der Waals surface area contributed by atoms with Gasteiger partial charge in [-0.25, -0.2) is 4.52 Å². The minimum Gasteiger partial charge on any atom is -0.386 e. The summed E-state index contributed by atoms with van der Waals surface area (Å²) in [4.78, 5) is 15.9. The average Bonchev–Trinajstić information content (AvgIpc) is 3.56. The molecule has 208 valence electrons. The molecule has 0 bridgehead atoms. The van der Waals surface area contributed by atoms with E-state index in [1.807, 2.05) is 12.1 Å². The number of nitrogens with zero attached hydrogens (tertiary/aromatic N) is 6. The minimum atomic E-state index is -1.19. The van der Waals surface area contributed by atoms with Crippen molar-refractivity contribution in [3.05, 3.63) is 59.5 Å². The van der Waals surface area contributed by atoms with Gasteiger partial charge in [-0.3, -0.25) is 9.48 Å². The van der Waals surface area contributed by atoms with Crippen LogP contribution >= 0.6 is 0 Å². The molecule has 40 heavy (non-hydrogen) atoms. The number of carbonyl (C=O) groups excluding carboxylic acids is 1. The number of nitriles is 1. The van der Waals surface area contributed by atoms with Gasteiger partial charge in [-0.2, -0.15) is 15.5 Å². The van der Waals surface area contributed by atoms with Crippen LogP contribution in [-0.2, 0) is 5.60 Å². The predicted octanol–water partition coefficient (Wildman–Crippen LogP) is 3.67. The van der Waals surface area contributed by atoms with Crippen LogP contribution in [0.25, 0.3) is 16.4 Å². The number of amides is 1. The van der Waals surface area contributed by atoms with Gasteiger partial charge in [0.05, 0.1) is 34.4 Å². The lowest BCUT2D eigenvalue weighted by Crippen LogP contribution is -2.45. The van der Waals surface area contributed by atoms with Gasteiger partial charge in [0.2, 0.25) is 0 Å². The van der Waals surface area contributed by atoms with Gasteiger partial charge >= 0.3 is 0 Å². The van der Waals surface area contributed by atoms with Gasteiger partial charge < -0.3 is 20.6 Å². The van der Waals surface area contributed by atoms with Crippen LogP contribution in [0.3, 0.4) is 0 Å². The van der Waals surface area contributed by atoms with E-state index in [2.05, 4.69) is 37.6 Å². The van der Waals surface area contributed by atoms with E-state index in [1.165, 1.54) is 30.1 Å². The summed E-state index contributed by atoms with van der Waals surface area (Å²) in [5, 5.41) is 36.6. The Labute approximate surface area is 233 Å². The molecule has 2 fully saturated rings. The maximum absolute atomic E-state index is 13.3. The molecule has 1 aromatic carbocycles. The fraction of sp³-hybridized carbons (Fsp3) is 0.467. The highest BCUT2D eigenvalue weighted by Gasteiger charge is 2.27. The number of rotatable bonds is 6. The summed E-state index contributed by atoms with van der Waals surface area (Å²) in [5.41, 5.74) is 2.17. The van der Waals surface area contributed by atoms with Crippen molar-refractivity contribution in [2.75, 3.05) is 38.0 Å². The second kappa shape index (κ2) is 10.7. The van der Waals surface area contributed by atoms with Crippen LogP contribution in [-0.4, -0.2) is 68.0 Å². The molecule has 10 heteroatoms. The molecule has 0 unspecified atom stereocenters. The monoisotopic (exact) mass is 540 g/mol. The first kappa shape index (κ1) is 26.4. The van der Waals surface area contributed by atoms with E-state index in [4.69, 9.17) is 10.4 Å². The summed E-state index contributed by atoms with van der Waals surface area (Å²) in [6.45, 7) is 9.08. The molecule has 2 aliphatic rings. The molecule has 1 aliphatic carbocycles. The van der Waals surface area contributed by atoms with Crippen molar-refractivity contribution < 1.29 is 9.90 Å². The topological polar surface area (TPSA) is 124 Å². The second-order valence-electron chi connectivity index (χ2n) is 11.7. The summed E-state index contributed by atoms with van der Waals surface area (Å²) in [6, 6.07) is 11.3. The molecule has 1 saturated carbocycles. The first-order valence-electron chi connectivity index (χ1n) is 14.2. The van der Waals surface area contributed by atoms with Crippen molar-refractivity contribution in [2.24, 2.45) is 5.92 Å². The molecule has 3 aromatic heterocycles. The van der Waals surface area contributed by atoms with Crippen LogP contribution in [0.4, 0.5) is 5.69 Å². The number of aliphatic hydroxyl groups is 1. The Morgan fingerprint density at radius 1 is 1.18 bits per heavy atom. The molecule has 0 radical (unpaired) electrons. The zero-order valence-corrected chi connectivity index (χ0v) is 23.1. The van der Waals surface area contributed by atoms with Crippen LogP contribution in [0, 0.1) is 17.2 Å². The number of benzene rings is 1. The second-order valence-corrected chi connectivity index (χ2v) is 11.7. The van der Waals surface area contributed by atoms with E-state index in [0.717, 1.165) is 55.8 Å². The minimum absolute atomic E-state index is 0.342. The first-order chi connectivity index (χ1) is 19.3. The van der Waals surface area contributed by atoms with Crippen molar-refractivity contribution in [3.8, 4) is 6.07 Å². The standard InChI is InChI=1S/C30H36N8O2/c1-30(2,40)25-15-26-22(14-27(25)34-29(39)28-8-7-24-13-21(16-31)17-33-38(24)28)19-37(35-26)23-5-3-20(4-6-23)18-36-11-9-32-10-12-36/h7-8,13-15,17,19-20,23,32,40H,3-6,9-12,18H2,1-2H3,(H,34,39). The highest BCUT2D eigenvalue weighted by Crippen LogP contribution is 2.36. The molecule has 0 atom stereocenters. The molecule has 1 amide bonds. The quantitative estimate of drug-likeness (QED) is 0.341. The van der Waals surface area contributed by atoms with E-state index in [9.17, 15) is 9.90 Å². The Morgan fingerprint density at radius 2 is 1.95 bits per heavy atom. The Kier molecular flexibility index (Phi) is 7.04. The lowest BCUT2D eigenvalue weighted by molar-refractivity contribution is 0.0793. The zero-order valence-electron chi connectivity index (χ0n) is 23.1. The highest BCUT2D eigenvalue weighted by atomic mass is 16.3. The normalized spacial score (nSPS) is 20.6. The number of nitrogens with one attached hydrogen (secondary N) is 2. The van der Waals surface area contributed by atoms with Crippen LogP contribution in [0.1, 0.15) is 67.2 Å². The van der Waals surface area contributed by atoms with Crippen LogP contribution in [0.15, 0.2) is 42.7 Å². The zero-order chi connectivity index (χ0) is 27.9. The number of carbonyl (C=O) groups is 1. The fourth-order valence-electron chi connectivity index (χ4n) is 6.16. The molecule has 3 N–H and O–H groups in total. The first-order valence-corrected chi connectivity index (χ1v) is 14.2. The van der Waals surface area contributed by atoms with Gasteiger partial charge in [-0.05, 0) is 75.8 Å². The van der Waals surface area contributed by atoms with Crippen molar-refractivity contribution in [1.29, 1.82) is 5.26 Å². The van der Waals surface area contributed by atoms with Gasteiger partial charge in [0.1, 0.15) is 11.8 Å². The van der Waals surface area contributed by atoms with Crippen molar-refractivity contribution in [1.82, 2.24) is 29.6 Å². The Hall–Kier alpha value is -3.78. The summed E-state index contributed by atoms with van der Waals surface area (Å²) in [5.74, 6) is 0.395. The van der Waals surface area contributed by atoms with Crippen LogP contribution in [0.2, 0.25) is 0 Å². The lowest BCUT2D eigenvalue weighted by atomic mass is 9.85. The molecule has 1 saturated heterocycles. The van der Waals surface area contributed by atoms with E-state index < -0.39 is 5.60 Å². The third kappa shape index (κ3) is 5.32. The number of fused-ring (bicyclic) bond motifs is 2. The molecule has 0 spiro atoms. The summed E-state index contributed by atoms with van der Waals surface area (Å²) in [6.07, 6.45) is 8.12. The number of piperazine rings is 1. The summed E-state index contributed by atoms with van der Waals surface area (Å²) in [7, 11) is 0. The third-order valence-corrected chi connectivity index (χ3v) is 8.35. The van der Waals surface area contributed by atoms with Crippen molar-refractivity contribution >= 4 is 28.0 Å². The third-order valence-electron chi connectivity index (χ3n) is 8.35. The van der Waals surface area contributed by atoms with Gasteiger partial charge in [0.15, 0.2) is 0 Å². The van der Waals surface area contributed by atoms with E-state index in [1.54, 1.807) is 32.0 Å². The van der Waals surface area contributed by atoms with Gasteiger partial charge in [-0.1, -0.05) is 0 Å². The van der Waals surface area contributed by atoms with Crippen molar-refractivity contribution in [2.45, 2.75) is 51.2 Å². The molecule has 4 aromatic rings.